The van der Waals surface area contributed by atoms with Crippen molar-refractivity contribution in [3.63, 3.8) is 0 Å². The van der Waals surface area contributed by atoms with Crippen LogP contribution in [-0.4, -0.2) is 22.4 Å². The predicted octanol–water partition coefficient (Wildman–Crippen LogP) is 6.59. The standard InChI is InChI=1S/C27H44O2/c1-18(2)26(29)15-9-20(4)24-13-14-25-21(7-6-16-27(24,25)5)10-11-22-17-23(28)12-8-19(22)3/h10-11,18,20,23-26,28-29H,3,6-9,12-17H2,1-2,4-5H3/b21-10?,22-11-/t20-,23+,24-,25?,26-,27-/m1/s1. The number of rotatable bonds is 6. The van der Waals surface area contributed by atoms with Crippen LogP contribution < -0.4 is 0 Å². The fourth-order valence-electron chi connectivity index (χ4n) is 6.58. The maximum Gasteiger partial charge on any atom is 0.0583 e. The van der Waals surface area contributed by atoms with Crippen molar-refractivity contribution in [1.29, 1.82) is 0 Å². The molecule has 2 nitrogen and oxygen atoms in total. The molecule has 0 aromatic carbocycles. The zero-order valence-electron chi connectivity index (χ0n) is 19.3. The van der Waals surface area contributed by atoms with Crippen LogP contribution in [0.4, 0.5) is 0 Å². The molecular formula is C27H44O2. The number of hydrogen-bond donors (Lipinski definition) is 2. The quantitative estimate of drug-likeness (QED) is 0.528. The summed E-state index contributed by atoms with van der Waals surface area (Å²) in [5, 5.41) is 20.3. The molecule has 3 fully saturated rings. The molecule has 0 aliphatic heterocycles. The van der Waals surface area contributed by atoms with Crippen molar-refractivity contribution >= 4 is 0 Å². The first-order chi connectivity index (χ1) is 13.7. The predicted molar refractivity (Wildman–Crippen MR) is 123 cm³/mol. The van der Waals surface area contributed by atoms with Crippen LogP contribution in [0.15, 0.2) is 35.5 Å². The lowest BCUT2D eigenvalue weighted by molar-refractivity contribution is 0.0717. The summed E-state index contributed by atoms with van der Waals surface area (Å²) in [5.74, 6) is 2.52. The molecule has 1 unspecified atom stereocenters. The Bertz CT molecular complexity index is 643. The van der Waals surface area contributed by atoms with Crippen molar-refractivity contribution in [3.8, 4) is 0 Å². The zero-order chi connectivity index (χ0) is 21.2. The van der Waals surface area contributed by atoms with E-state index in [2.05, 4.69) is 46.4 Å². The molecule has 0 heterocycles. The van der Waals surface area contributed by atoms with E-state index in [1.165, 1.54) is 43.3 Å². The Kier molecular flexibility index (Phi) is 7.49. The van der Waals surface area contributed by atoms with E-state index in [0.717, 1.165) is 38.0 Å². The fraction of sp³-hybridized carbons (Fsp3) is 0.778. The van der Waals surface area contributed by atoms with Crippen LogP contribution in [0.1, 0.15) is 91.9 Å². The van der Waals surface area contributed by atoms with Crippen LogP contribution in [0.3, 0.4) is 0 Å². The van der Waals surface area contributed by atoms with Gasteiger partial charge in [-0.1, -0.05) is 57.6 Å². The maximum atomic E-state index is 10.3. The minimum absolute atomic E-state index is 0.158. The van der Waals surface area contributed by atoms with Crippen LogP contribution in [0.25, 0.3) is 0 Å². The van der Waals surface area contributed by atoms with Gasteiger partial charge < -0.3 is 10.2 Å². The summed E-state index contributed by atoms with van der Waals surface area (Å²) in [7, 11) is 0. The van der Waals surface area contributed by atoms with Gasteiger partial charge in [0.05, 0.1) is 12.2 Å². The van der Waals surface area contributed by atoms with Crippen molar-refractivity contribution in [2.45, 2.75) is 104 Å². The average Bonchev–Trinajstić information content (AvgIpc) is 3.04. The molecule has 2 N–H and O–H groups in total. The number of fused-ring (bicyclic) bond motifs is 1. The molecule has 29 heavy (non-hydrogen) atoms. The Balaban J connectivity index is 1.70. The highest BCUT2D eigenvalue weighted by atomic mass is 16.3. The Morgan fingerprint density at radius 2 is 1.86 bits per heavy atom. The van der Waals surface area contributed by atoms with Crippen molar-refractivity contribution in [1.82, 2.24) is 0 Å². The van der Waals surface area contributed by atoms with Gasteiger partial charge in [-0.25, -0.2) is 0 Å². The van der Waals surface area contributed by atoms with E-state index in [9.17, 15) is 10.2 Å². The summed E-state index contributed by atoms with van der Waals surface area (Å²) in [6, 6.07) is 0. The SMILES string of the molecule is C=C1CC[C@H](O)C/C1=C/C=C1CCC[C@@]2(C)C1CC[C@@H]2[C@H](C)CC[C@@H](O)C(C)C. The van der Waals surface area contributed by atoms with E-state index in [1.807, 2.05) is 0 Å². The third kappa shape index (κ3) is 5.07. The highest BCUT2D eigenvalue weighted by Gasteiger charge is 2.50. The normalized spacial score (nSPS) is 37.9. The van der Waals surface area contributed by atoms with Crippen molar-refractivity contribution in [2.75, 3.05) is 0 Å². The molecule has 2 heteroatoms. The molecule has 6 atom stereocenters. The van der Waals surface area contributed by atoms with E-state index in [1.54, 1.807) is 5.57 Å². The lowest BCUT2D eigenvalue weighted by Gasteiger charge is -2.44. The lowest BCUT2D eigenvalue weighted by Crippen LogP contribution is -2.36. The zero-order valence-corrected chi connectivity index (χ0v) is 19.3. The average molecular weight is 401 g/mol. The Morgan fingerprint density at radius 3 is 2.59 bits per heavy atom. The first-order valence-electron chi connectivity index (χ1n) is 12.2. The van der Waals surface area contributed by atoms with Gasteiger partial charge >= 0.3 is 0 Å². The van der Waals surface area contributed by atoms with Crippen LogP contribution >= 0.6 is 0 Å². The third-order valence-corrected chi connectivity index (χ3v) is 8.60. The van der Waals surface area contributed by atoms with Crippen molar-refractivity contribution in [2.24, 2.45) is 29.1 Å². The summed E-state index contributed by atoms with van der Waals surface area (Å²) in [6.45, 7) is 13.4. The third-order valence-electron chi connectivity index (χ3n) is 8.60. The first-order valence-corrected chi connectivity index (χ1v) is 12.2. The molecule has 0 amide bonds. The van der Waals surface area contributed by atoms with Gasteiger partial charge in [-0.15, -0.1) is 0 Å². The van der Waals surface area contributed by atoms with Crippen LogP contribution in [-0.2, 0) is 0 Å². The molecule has 3 saturated carbocycles. The van der Waals surface area contributed by atoms with E-state index in [0.29, 0.717) is 23.2 Å². The Labute approximate surface area is 179 Å². The molecule has 0 spiro atoms. The minimum Gasteiger partial charge on any atom is -0.393 e. The number of allylic oxidation sites excluding steroid dienone is 4. The van der Waals surface area contributed by atoms with Gasteiger partial charge in [0.15, 0.2) is 0 Å². The molecule has 0 aromatic heterocycles. The Morgan fingerprint density at radius 1 is 1.10 bits per heavy atom. The molecule has 0 bridgehead atoms. The van der Waals surface area contributed by atoms with E-state index in [4.69, 9.17) is 0 Å². The van der Waals surface area contributed by atoms with Gasteiger partial charge in [0.1, 0.15) is 0 Å². The number of aliphatic hydroxyl groups is 2. The molecule has 164 valence electrons. The van der Waals surface area contributed by atoms with Crippen LogP contribution in [0.2, 0.25) is 0 Å². The number of hydrogen-bond acceptors (Lipinski definition) is 2. The largest absolute Gasteiger partial charge is 0.393 e. The van der Waals surface area contributed by atoms with Crippen LogP contribution in [0, 0.1) is 29.1 Å². The summed E-state index contributed by atoms with van der Waals surface area (Å²) >= 11 is 0. The number of aliphatic hydroxyl groups excluding tert-OH is 2. The van der Waals surface area contributed by atoms with E-state index >= 15 is 0 Å². The van der Waals surface area contributed by atoms with Gasteiger partial charge in [0.25, 0.3) is 0 Å². The minimum atomic E-state index is -0.195. The summed E-state index contributed by atoms with van der Waals surface area (Å²) < 4.78 is 0. The monoisotopic (exact) mass is 400 g/mol. The second kappa shape index (κ2) is 9.52. The first kappa shape index (κ1) is 22.8. The van der Waals surface area contributed by atoms with Gasteiger partial charge in [0, 0.05) is 0 Å². The maximum absolute atomic E-state index is 10.3. The summed E-state index contributed by atoms with van der Waals surface area (Å²) in [5.41, 5.74) is 4.52. The van der Waals surface area contributed by atoms with Gasteiger partial charge in [0.2, 0.25) is 0 Å². The Hall–Kier alpha value is -0.860. The second-order valence-corrected chi connectivity index (χ2v) is 10.9. The van der Waals surface area contributed by atoms with Crippen molar-refractivity contribution in [3.05, 3.63) is 35.5 Å². The highest BCUT2D eigenvalue weighted by molar-refractivity contribution is 5.36. The molecule has 3 rings (SSSR count). The van der Waals surface area contributed by atoms with Gasteiger partial charge in [-0.3, -0.25) is 0 Å². The fourth-order valence-corrected chi connectivity index (χ4v) is 6.58. The second-order valence-electron chi connectivity index (χ2n) is 10.9. The lowest BCUT2D eigenvalue weighted by atomic mass is 9.60. The van der Waals surface area contributed by atoms with E-state index < -0.39 is 0 Å². The summed E-state index contributed by atoms with van der Waals surface area (Å²) in [4.78, 5) is 0. The molecular weight excluding hydrogens is 356 g/mol. The molecule has 3 aliphatic carbocycles. The van der Waals surface area contributed by atoms with Crippen molar-refractivity contribution < 1.29 is 10.2 Å². The van der Waals surface area contributed by atoms with E-state index in [-0.39, 0.29) is 12.2 Å². The summed E-state index contributed by atoms with van der Waals surface area (Å²) in [6.07, 6.45) is 15.5. The topological polar surface area (TPSA) is 40.5 Å². The van der Waals surface area contributed by atoms with Crippen LogP contribution in [0.5, 0.6) is 0 Å². The smallest absolute Gasteiger partial charge is 0.0583 e. The van der Waals surface area contributed by atoms with Gasteiger partial charge in [-0.2, -0.15) is 0 Å². The molecule has 0 saturated heterocycles. The molecule has 0 radical (unpaired) electrons. The molecule has 0 aromatic rings. The molecule has 3 aliphatic rings. The van der Waals surface area contributed by atoms with Gasteiger partial charge in [-0.05, 0) is 98.9 Å². The highest BCUT2D eigenvalue weighted by Crippen LogP contribution is 2.59.